The molecule has 6 nitrogen and oxygen atoms in total. The van der Waals surface area contributed by atoms with Crippen molar-refractivity contribution in [2.45, 2.75) is 38.3 Å². The summed E-state index contributed by atoms with van der Waals surface area (Å²) in [5.74, 6) is 0.460. The number of nitrogens with two attached hydrogens (primary N) is 1. The Kier molecular flexibility index (Phi) is 6.23. The second-order valence-corrected chi connectivity index (χ2v) is 6.22. The largest absolute Gasteiger partial charge is 0.364 e. The number of hydrogen-bond donors (Lipinski definition) is 1. The van der Waals surface area contributed by atoms with Crippen molar-refractivity contribution in [1.82, 2.24) is 15.0 Å². The van der Waals surface area contributed by atoms with Crippen molar-refractivity contribution in [3.8, 4) is 0 Å². The van der Waals surface area contributed by atoms with Gasteiger partial charge in [0.05, 0.1) is 5.69 Å². The minimum atomic E-state index is 0. The zero-order chi connectivity index (χ0) is 14.7. The predicted octanol–water partition coefficient (Wildman–Crippen LogP) is 1.26. The van der Waals surface area contributed by atoms with Crippen molar-refractivity contribution < 1.29 is 9.32 Å². The molecule has 2 atom stereocenters. The summed E-state index contributed by atoms with van der Waals surface area (Å²) in [7, 11) is 0. The molecular formula is C15H25ClN4O2. The van der Waals surface area contributed by atoms with Crippen LogP contribution in [-0.2, 0) is 11.3 Å². The van der Waals surface area contributed by atoms with Crippen molar-refractivity contribution in [2.24, 2.45) is 11.7 Å². The highest BCUT2D eigenvalue weighted by molar-refractivity contribution is 5.85. The van der Waals surface area contributed by atoms with Gasteiger partial charge in [0.25, 0.3) is 0 Å². The Balaban J connectivity index is 0.00000176. The standard InChI is InChI=1S/C15H24N4O2.ClH/c16-13-3-1-2-12(10-13)15(20)19-7-5-18(6-8-19)11-14-4-9-21-17-14;/h4,9,12-13H,1-3,5-8,10-11,16H2;1H. The molecule has 2 aliphatic rings. The fraction of sp³-hybridized carbons (Fsp3) is 0.733. The zero-order valence-electron chi connectivity index (χ0n) is 12.8. The third-order valence-corrected chi connectivity index (χ3v) is 4.62. The number of amides is 1. The van der Waals surface area contributed by atoms with Crippen LogP contribution in [0.4, 0.5) is 0 Å². The second-order valence-electron chi connectivity index (χ2n) is 6.22. The van der Waals surface area contributed by atoms with Gasteiger partial charge in [-0.05, 0) is 19.3 Å². The number of carbonyl (C=O) groups excluding carboxylic acids is 1. The van der Waals surface area contributed by atoms with E-state index in [-0.39, 0.29) is 24.4 Å². The molecular weight excluding hydrogens is 304 g/mol. The molecule has 0 aromatic carbocycles. The van der Waals surface area contributed by atoms with E-state index < -0.39 is 0 Å². The summed E-state index contributed by atoms with van der Waals surface area (Å²) in [6.45, 7) is 4.21. The summed E-state index contributed by atoms with van der Waals surface area (Å²) < 4.78 is 4.85. The Labute approximate surface area is 137 Å². The Morgan fingerprint density at radius 1 is 1.32 bits per heavy atom. The van der Waals surface area contributed by atoms with Crippen molar-refractivity contribution in [1.29, 1.82) is 0 Å². The smallest absolute Gasteiger partial charge is 0.225 e. The van der Waals surface area contributed by atoms with Gasteiger partial charge in [-0.25, -0.2) is 0 Å². The van der Waals surface area contributed by atoms with Gasteiger partial charge in [-0.3, -0.25) is 9.69 Å². The quantitative estimate of drug-likeness (QED) is 0.904. The third kappa shape index (κ3) is 4.21. The van der Waals surface area contributed by atoms with Crippen molar-refractivity contribution in [2.75, 3.05) is 26.2 Å². The first kappa shape index (κ1) is 17.2. The van der Waals surface area contributed by atoms with Gasteiger partial charge in [0.1, 0.15) is 6.26 Å². The topological polar surface area (TPSA) is 75.6 Å². The lowest BCUT2D eigenvalue weighted by Gasteiger charge is -2.37. The Morgan fingerprint density at radius 3 is 2.73 bits per heavy atom. The molecule has 7 heteroatoms. The Bertz CT molecular complexity index is 460. The van der Waals surface area contributed by atoms with Crippen LogP contribution in [-0.4, -0.2) is 53.1 Å². The van der Waals surface area contributed by atoms with Crippen LogP contribution in [0, 0.1) is 5.92 Å². The number of rotatable bonds is 3. The molecule has 0 radical (unpaired) electrons. The molecule has 2 unspecified atom stereocenters. The first-order valence-corrected chi connectivity index (χ1v) is 7.88. The molecule has 2 N–H and O–H groups in total. The molecule has 1 aliphatic carbocycles. The summed E-state index contributed by atoms with van der Waals surface area (Å²) >= 11 is 0. The summed E-state index contributed by atoms with van der Waals surface area (Å²) in [5, 5.41) is 3.94. The highest BCUT2D eigenvalue weighted by Gasteiger charge is 2.30. The van der Waals surface area contributed by atoms with Crippen molar-refractivity contribution in [3.63, 3.8) is 0 Å². The van der Waals surface area contributed by atoms with Gasteiger partial charge in [-0.2, -0.15) is 0 Å². The van der Waals surface area contributed by atoms with E-state index in [1.54, 1.807) is 6.26 Å². The lowest BCUT2D eigenvalue weighted by Crippen LogP contribution is -2.51. The van der Waals surface area contributed by atoms with E-state index in [4.69, 9.17) is 10.3 Å². The number of nitrogens with zero attached hydrogens (tertiary/aromatic N) is 3. The molecule has 1 aromatic heterocycles. The van der Waals surface area contributed by atoms with Crippen LogP contribution >= 0.6 is 12.4 Å². The van der Waals surface area contributed by atoms with Crippen LogP contribution in [0.3, 0.4) is 0 Å². The third-order valence-electron chi connectivity index (χ3n) is 4.62. The summed E-state index contributed by atoms with van der Waals surface area (Å²) in [6.07, 6.45) is 5.62. The Morgan fingerprint density at radius 2 is 2.09 bits per heavy atom. The minimum absolute atomic E-state index is 0. The lowest BCUT2D eigenvalue weighted by molar-refractivity contribution is -0.138. The Hall–Kier alpha value is -1.11. The van der Waals surface area contributed by atoms with Gasteiger partial charge in [-0.1, -0.05) is 11.6 Å². The van der Waals surface area contributed by atoms with Crippen molar-refractivity contribution in [3.05, 3.63) is 18.0 Å². The molecule has 2 fully saturated rings. The average molecular weight is 329 g/mol. The second kappa shape index (κ2) is 7.94. The van der Waals surface area contributed by atoms with Crippen LogP contribution in [0.5, 0.6) is 0 Å². The first-order valence-electron chi connectivity index (χ1n) is 7.88. The van der Waals surface area contributed by atoms with E-state index in [1.807, 2.05) is 11.0 Å². The van der Waals surface area contributed by atoms with Crippen LogP contribution in [0.1, 0.15) is 31.4 Å². The summed E-state index contributed by atoms with van der Waals surface area (Å²) in [4.78, 5) is 16.9. The van der Waals surface area contributed by atoms with E-state index in [0.717, 1.165) is 64.1 Å². The maximum absolute atomic E-state index is 12.5. The zero-order valence-corrected chi connectivity index (χ0v) is 13.6. The van der Waals surface area contributed by atoms with Gasteiger partial charge >= 0.3 is 0 Å². The molecule has 3 rings (SSSR count). The molecule has 1 saturated heterocycles. The molecule has 0 bridgehead atoms. The predicted molar refractivity (Wildman–Crippen MR) is 85.5 cm³/mol. The number of piperazine rings is 1. The summed E-state index contributed by atoms with van der Waals surface area (Å²) in [5.41, 5.74) is 6.95. The molecule has 2 heterocycles. The molecule has 1 aliphatic heterocycles. The average Bonchev–Trinajstić information content (AvgIpc) is 3.00. The number of aromatic nitrogens is 1. The van der Waals surface area contributed by atoms with E-state index in [1.165, 1.54) is 0 Å². The van der Waals surface area contributed by atoms with Crippen LogP contribution in [0.25, 0.3) is 0 Å². The van der Waals surface area contributed by atoms with Crippen LogP contribution in [0.15, 0.2) is 16.9 Å². The van der Waals surface area contributed by atoms with E-state index in [2.05, 4.69) is 10.1 Å². The maximum atomic E-state index is 12.5. The molecule has 1 amide bonds. The highest BCUT2D eigenvalue weighted by Crippen LogP contribution is 2.25. The molecule has 22 heavy (non-hydrogen) atoms. The fourth-order valence-corrected chi connectivity index (χ4v) is 3.38. The molecule has 1 saturated carbocycles. The van der Waals surface area contributed by atoms with Crippen LogP contribution < -0.4 is 5.73 Å². The SMILES string of the molecule is Cl.NC1CCCC(C(=O)N2CCN(Cc3ccon3)CC2)C1. The first-order chi connectivity index (χ1) is 10.2. The van der Waals surface area contributed by atoms with Gasteiger partial charge in [0.2, 0.25) is 5.91 Å². The highest BCUT2D eigenvalue weighted by atomic mass is 35.5. The van der Waals surface area contributed by atoms with Gasteiger partial charge in [0, 0.05) is 50.7 Å². The molecule has 1 aromatic rings. The summed E-state index contributed by atoms with van der Waals surface area (Å²) in [6, 6.07) is 2.10. The maximum Gasteiger partial charge on any atom is 0.225 e. The fourth-order valence-electron chi connectivity index (χ4n) is 3.38. The van der Waals surface area contributed by atoms with Gasteiger partial charge in [0.15, 0.2) is 0 Å². The minimum Gasteiger partial charge on any atom is -0.364 e. The van der Waals surface area contributed by atoms with Gasteiger partial charge < -0.3 is 15.2 Å². The number of carbonyl (C=O) groups is 1. The van der Waals surface area contributed by atoms with Crippen molar-refractivity contribution >= 4 is 18.3 Å². The van der Waals surface area contributed by atoms with E-state index in [9.17, 15) is 4.79 Å². The normalized spacial score (nSPS) is 26.5. The van der Waals surface area contributed by atoms with E-state index in [0.29, 0.717) is 5.91 Å². The van der Waals surface area contributed by atoms with Gasteiger partial charge in [-0.15, -0.1) is 12.4 Å². The molecule has 124 valence electrons. The monoisotopic (exact) mass is 328 g/mol. The number of hydrogen-bond acceptors (Lipinski definition) is 5. The lowest BCUT2D eigenvalue weighted by atomic mass is 9.85. The molecule has 0 spiro atoms. The van der Waals surface area contributed by atoms with E-state index >= 15 is 0 Å². The number of halogens is 1. The van der Waals surface area contributed by atoms with Crippen LogP contribution in [0.2, 0.25) is 0 Å².